The Morgan fingerprint density at radius 3 is 2.39 bits per heavy atom. The van der Waals surface area contributed by atoms with Crippen LogP contribution in [0.2, 0.25) is 0 Å². The minimum absolute atomic E-state index is 0.111. The molecule has 0 amide bonds. The van der Waals surface area contributed by atoms with Crippen LogP contribution in [0.1, 0.15) is 5.56 Å². The van der Waals surface area contributed by atoms with Crippen molar-refractivity contribution >= 4 is 17.5 Å². The second kappa shape index (κ2) is 8.15. The Morgan fingerprint density at radius 1 is 1.00 bits per heavy atom. The summed E-state index contributed by atoms with van der Waals surface area (Å²) in [6.07, 6.45) is 0.733. The third-order valence-electron chi connectivity index (χ3n) is 3.50. The molecular formula is C16H12F6N6. The lowest BCUT2D eigenvalue weighted by atomic mass is 10.2. The number of nitrogens with zero attached hydrogens (tertiary/aromatic N) is 4. The SMILES string of the molecule is Fc1cc(F)c(CNc2nc(Nc3cnn(CC(F)F)c3)ncc2F)c(F)c1. The molecule has 0 spiro atoms. The predicted molar refractivity (Wildman–Crippen MR) is 87.1 cm³/mol. The van der Waals surface area contributed by atoms with Crippen molar-refractivity contribution in [2.45, 2.75) is 19.5 Å². The fraction of sp³-hybridized carbons (Fsp3) is 0.188. The Morgan fingerprint density at radius 2 is 1.71 bits per heavy atom. The maximum Gasteiger partial charge on any atom is 0.257 e. The van der Waals surface area contributed by atoms with Crippen LogP contribution in [0, 0.1) is 23.3 Å². The molecule has 2 N–H and O–H groups in total. The average molecular weight is 402 g/mol. The van der Waals surface area contributed by atoms with Crippen molar-refractivity contribution in [3.63, 3.8) is 0 Å². The molecule has 6 nitrogen and oxygen atoms in total. The topological polar surface area (TPSA) is 67.7 Å². The highest BCUT2D eigenvalue weighted by Crippen LogP contribution is 2.19. The van der Waals surface area contributed by atoms with Gasteiger partial charge in [0.2, 0.25) is 5.95 Å². The van der Waals surface area contributed by atoms with E-state index in [9.17, 15) is 26.3 Å². The Hall–Kier alpha value is -3.31. The first-order valence-electron chi connectivity index (χ1n) is 7.79. The Bertz CT molecular complexity index is 953. The zero-order valence-corrected chi connectivity index (χ0v) is 13.9. The minimum atomic E-state index is -2.59. The maximum absolute atomic E-state index is 13.9. The van der Waals surface area contributed by atoms with Crippen LogP contribution in [0.25, 0.3) is 0 Å². The third-order valence-corrected chi connectivity index (χ3v) is 3.50. The Balaban J connectivity index is 1.72. The maximum atomic E-state index is 13.9. The highest BCUT2D eigenvalue weighted by molar-refractivity contribution is 5.52. The minimum Gasteiger partial charge on any atom is -0.363 e. The van der Waals surface area contributed by atoms with E-state index in [0.29, 0.717) is 12.1 Å². The van der Waals surface area contributed by atoms with E-state index < -0.39 is 48.3 Å². The van der Waals surface area contributed by atoms with Gasteiger partial charge >= 0.3 is 0 Å². The standard InChI is InChI=1S/C16H12F6N6/c17-8-1-11(18)10(12(19)2-8)4-23-15-13(20)5-24-16(27-15)26-9-3-25-28(6-9)7-14(21)22/h1-3,5-6,14H,4,7H2,(H2,23,24,26,27). The Labute approximate surface area is 154 Å². The average Bonchev–Trinajstić information content (AvgIpc) is 3.02. The first-order chi connectivity index (χ1) is 13.3. The van der Waals surface area contributed by atoms with Crippen molar-refractivity contribution in [3.05, 3.63) is 59.6 Å². The Kier molecular flexibility index (Phi) is 5.66. The molecule has 0 unspecified atom stereocenters. The van der Waals surface area contributed by atoms with Crippen LogP contribution in [0.5, 0.6) is 0 Å². The van der Waals surface area contributed by atoms with Gasteiger partial charge in [-0.15, -0.1) is 0 Å². The first-order valence-corrected chi connectivity index (χ1v) is 7.79. The van der Waals surface area contributed by atoms with Crippen LogP contribution in [0.3, 0.4) is 0 Å². The lowest BCUT2D eigenvalue weighted by Crippen LogP contribution is -2.09. The summed E-state index contributed by atoms with van der Waals surface area (Å²) >= 11 is 0. The van der Waals surface area contributed by atoms with Crippen LogP contribution in [-0.4, -0.2) is 26.2 Å². The van der Waals surface area contributed by atoms with Crippen LogP contribution >= 0.6 is 0 Å². The number of hydrogen-bond donors (Lipinski definition) is 2. The molecule has 0 saturated heterocycles. The number of hydrogen-bond acceptors (Lipinski definition) is 5. The molecule has 28 heavy (non-hydrogen) atoms. The molecule has 12 heteroatoms. The highest BCUT2D eigenvalue weighted by atomic mass is 19.3. The first kappa shape index (κ1) is 19.5. The second-order valence-electron chi connectivity index (χ2n) is 5.56. The van der Waals surface area contributed by atoms with Gasteiger partial charge in [-0.2, -0.15) is 10.1 Å². The largest absolute Gasteiger partial charge is 0.363 e. The fourth-order valence-electron chi connectivity index (χ4n) is 2.26. The quantitative estimate of drug-likeness (QED) is 0.588. The zero-order chi connectivity index (χ0) is 20.3. The van der Waals surface area contributed by atoms with Crippen molar-refractivity contribution < 1.29 is 26.3 Å². The summed E-state index contributed by atoms with van der Waals surface area (Å²) in [5, 5.41) is 8.75. The van der Waals surface area contributed by atoms with Gasteiger partial charge in [-0.25, -0.2) is 31.3 Å². The van der Waals surface area contributed by atoms with Crippen molar-refractivity contribution in [3.8, 4) is 0 Å². The van der Waals surface area contributed by atoms with Gasteiger partial charge in [0.05, 0.1) is 18.1 Å². The number of alkyl halides is 2. The molecule has 0 fully saturated rings. The van der Waals surface area contributed by atoms with Crippen molar-refractivity contribution in [1.82, 2.24) is 19.7 Å². The van der Waals surface area contributed by atoms with E-state index in [4.69, 9.17) is 0 Å². The number of rotatable bonds is 7. The number of aromatic nitrogens is 4. The van der Waals surface area contributed by atoms with Gasteiger partial charge in [0.25, 0.3) is 6.43 Å². The van der Waals surface area contributed by atoms with E-state index in [1.807, 2.05) is 0 Å². The molecule has 0 aliphatic heterocycles. The molecule has 2 aromatic heterocycles. The van der Waals surface area contributed by atoms with Gasteiger partial charge in [0.1, 0.15) is 24.0 Å². The monoisotopic (exact) mass is 402 g/mol. The van der Waals surface area contributed by atoms with Gasteiger partial charge in [-0.05, 0) is 0 Å². The summed E-state index contributed by atoms with van der Waals surface area (Å²) in [6, 6.07) is 1.00. The number of halogens is 6. The van der Waals surface area contributed by atoms with Crippen molar-refractivity contribution in [1.29, 1.82) is 0 Å². The molecule has 0 radical (unpaired) electrons. The van der Waals surface area contributed by atoms with Crippen molar-refractivity contribution in [2.75, 3.05) is 10.6 Å². The summed E-state index contributed by atoms with van der Waals surface area (Å²) in [7, 11) is 0. The van der Waals surface area contributed by atoms with E-state index in [1.54, 1.807) is 0 Å². The molecule has 0 aliphatic carbocycles. The normalized spacial score (nSPS) is 11.1. The van der Waals surface area contributed by atoms with E-state index in [0.717, 1.165) is 10.9 Å². The molecular weight excluding hydrogens is 390 g/mol. The van der Waals surface area contributed by atoms with E-state index in [-0.39, 0.29) is 17.5 Å². The molecule has 3 rings (SSSR count). The smallest absolute Gasteiger partial charge is 0.257 e. The van der Waals surface area contributed by atoms with Crippen molar-refractivity contribution in [2.24, 2.45) is 0 Å². The van der Waals surface area contributed by atoms with Gasteiger partial charge in [-0.1, -0.05) is 0 Å². The summed E-state index contributed by atoms with van der Waals surface area (Å²) in [6.45, 7) is -1.11. The number of benzene rings is 1. The summed E-state index contributed by atoms with van der Waals surface area (Å²) < 4.78 is 79.7. The van der Waals surface area contributed by atoms with Gasteiger partial charge in [0.15, 0.2) is 11.6 Å². The summed E-state index contributed by atoms with van der Waals surface area (Å²) in [5.41, 5.74) is -0.226. The fourth-order valence-corrected chi connectivity index (χ4v) is 2.26. The van der Waals surface area contributed by atoms with Gasteiger partial charge < -0.3 is 10.6 Å². The summed E-state index contributed by atoms with van der Waals surface area (Å²) in [4.78, 5) is 7.50. The molecule has 0 atom stereocenters. The third kappa shape index (κ3) is 4.69. The van der Waals surface area contributed by atoms with Gasteiger partial charge in [-0.3, -0.25) is 4.68 Å². The molecule has 0 bridgehead atoms. The molecule has 0 saturated carbocycles. The van der Waals surface area contributed by atoms with Crippen LogP contribution in [-0.2, 0) is 13.1 Å². The van der Waals surface area contributed by atoms with E-state index >= 15 is 0 Å². The molecule has 3 aromatic rings. The molecule has 1 aromatic carbocycles. The predicted octanol–water partition coefficient (Wildman–Crippen LogP) is 3.85. The summed E-state index contributed by atoms with van der Waals surface area (Å²) in [5.74, 6) is -4.73. The lowest BCUT2D eigenvalue weighted by Gasteiger charge is -2.10. The van der Waals surface area contributed by atoms with E-state index in [1.165, 1.54) is 12.4 Å². The molecule has 148 valence electrons. The number of nitrogens with one attached hydrogen (secondary N) is 2. The number of anilines is 3. The van der Waals surface area contributed by atoms with E-state index in [2.05, 4.69) is 25.7 Å². The second-order valence-corrected chi connectivity index (χ2v) is 5.56. The molecule has 0 aliphatic rings. The van der Waals surface area contributed by atoms with Crippen LogP contribution in [0.15, 0.2) is 30.7 Å². The zero-order valence-electron chi connectivity index (χ0n) is 13.9. The van der Waals surface area contributed by atoms with Crippen LogP contribution in [0.4, 0.5) is 43.8 Å². The van der Waals surface area contributed by atoms with Gasteiger partial charge in [0, 0.05) is 30.4 Å². The van der Waals surface area contributed by atoms with Crippen LogP contribution < -0.4 is 10.6 Å². The molecule has 2 heterocycles. The lowest BCUT2D eigenvalue weighted by molar-refractivity contribution is 0.122. The highest BCUT2D eigenvalue weighted by Gasteiger charge is 2.14.